The molecule has 0 aliphatic rings. The summed E-state index contributed by atoms with van der Waals surface area (Å²) in [5.74, 6) is -1.06. The van der Waals surface area contributed by atoms with Gasteiger partial charge in [-0.15, -0.1) is 0 Å². The van der Waals surface area contributed by atoms with Gasteiger partial charge in [-0.25, -0.2) is 0 Å². The fraction of sp³-hybridized carbons (Fsp3) is 0.227. The third-order valence-corrected chi connectivity index (χ3v) is 4.20. The average Bonchev–Trinajstić information content (AvgIpc) is 2.76. The number of nitrogens with one attached hydrogen (secondary N) is 4. The van der Waals surface area contributed by atoms with Gasteiger partial charge in [-0.1, -0.05) is 30.8 Å². The van der Waals surface area contributed by atoms with Gasteiger partial charge in [0.05, 0.1) is 26.3 Å². The highest BCUT2D eigenvalue weighted by Gasteiger charge is 2.16. The number of ether oxygens (including phenoxy) is 2. The number of carbonyl (C=O) groups excluding carboxylic acids is 3. The molecule has 0 fully saturated rings. The van der Waals surface area contributed by atoms with Gasteiger partial charge < -0.3 is 25.5 Å². The first-order valence-electron chi connectivity index (χ1n) is 9.42. The summed E-state index contributed by atoms with van der Waals surface area (Å²) >= 11 is 0. The highest BCUT2D eigenvalue weighted by Crippen LogP contribution is 2.25. The monoisotopic (exact) mass is 426 g/mol. The van der Waals surface area contributed by atoms with E-state index in [2.05, 4.69) is 28.1 Å². The molecular weight excluding hydrogens is 400 g/mol. The third kappa shape index (κ3) is 7.07. The van der Waals surface area contributed by atoms with Crippen LogP contribution in [0.1, 0.15) is 17.5 Å². The van der Waals surface area contributed by atoms with Gasteiger partial charge in [0.25, 0.3) is 0 Å². The van der Waals surface area contributed by atoms with Crippen LogP contribution in [0, 0.1) is 6.92 Å². The maximum absolute atomic E-state index is 12.1. The smallest absolute Gasteiger partial charge is 0.327 e. The Labute approximate surface area is 180 Å². The summed E-state index contributed by atoms with van der Waals surface area (Å²) in [4.78, 5) is 36.2. The predicted octanol–water partition coefficient (Wildman–Crippen LogP) is 1.79. The molecule has 0 heterocycles. The highest BCUT2D eigenvalue weighted by atomic mass is 16.5. The lowest BCUT2D eigenvalue weighted by Gasteiger charge is -2.13. The van der Waals surface area contributed by atoms with Crippen molar-refractivity contribution in [3.05, 3.63) is 65.9 Å². The Hall–Kier alpha value is -4.01. The maximum Gasteiger partial charge on any atom is 0.327 e. The summed E-state index contributed by atoms with van der Waals surface area (Å²) in [5.41, 5.74) is 6.98. The molecule has 0 atom stereocenters. The van der Waals surface area contributed by atoms with Gasteiger partial charge in [0.2, 0.25) is 5.91 Å². The van der Waals surface area contributed by atoms with Gasteiger partial charge in [-0.2, -0.15) is 0 Å². The summed E-state index contributed by atoms with van der Waals surface area (Å²) in [7, 11) is 3.02. The molecule has 9 heteroatoms. The van der Waals surface area contributed by atoms with Gasteiger partial charge >= 0.3 is 11.8 Å². The summed E-state index contributed by atoms with van der Waals surface area (Å²) in [6.07, 6.45) is -0.0945. The summed E-state index contributed by atoms with van der Waals surface area (Å²) in [6.45, 7) is 5.80. The van der Waals surface area contributed by atoms with Crippen molar-refractivity contribution in [2.75, 3.05) is 19.5 Å². The molecule has 0 saturated carbocycles. The van der Waals surface area contributed by atoms with Gasteiger partial charge in [-0.3, -0.25) is 19.8 Å². The first kappa shape index (κ1) is 23.3. The molecule has 0 radical (unpaired) electrons. The van der Waals surface area contributed by atoms with Crippen molar-refractivity contribution >= 4 is 23.4 Å². The minimum atomic E-state index is -0.945. The molecule has 2 rings (SSSR count). The van der Waals surface area contributed by atoms with E-state index in [9.17, 15) is 14.4 Å². The molecule has 3 amide bonds. The molecule has 0 saturated heterocycles. The number of hydrogen-bond donors (Lipinski definition) is 4. The van der Waals surface area contributed by atoms with Crippen LogP contribution in [-0.2, 0) is 20.9 Å². The molecule has 0 aliphatic heterocycles. The molecule has 0 bridgehead atoms. The lowest BCUT2D eigenvalue weighted by Crippen LogP contribution is -2.44. The van der Waals surface area contributed by atoms with E-state index in [1.165, 1.54) is 7.11 Å². The fourth-order valence-corrected chi connectivity index (χ4v) is 2.64. The molecule has 2 aromatic rings. The van der Waals surface area contributed by atoms with Crippen LogP contribution in [-0.4, -0.2) is 31.9 Å². The standard InChI is InChI=1S/C22H26N4O5/c1-14-9-10-19(31-4)17(11-14)24-21(28)22(29)26-25-15(2)12-20(27)23-13-16-7-5-6-8-18(16)30-3/h5-11,25H,2,12-13H2,1,3-4H3,(H,23,27)(H,24,28)(H,26,29). The Bertz CT molecular complexity index is 974. The Morgan fingerprint density at radius 3 is 2.35 bits per heavy atom. The fourth-order valence-electron chi connectivity index (χ4n) is 2.64. The van der Waals surface area contributed by atoms with Crippen molar-refractivity contribution in [3.63, 3.8) is 0 Å². The molecule has 0 aliphatic carbocycles. The number of hydrazine groups is 1. The first-order valence-corrected chi connectivity index (χ1v) is 9.42. The number of aryl methyl sites for hydroxylation is 1. The Balaban J connectivity index is 1.78. The van der Waals surface area contributed by atoms with E-state index in [4.69, 9.17) is 9.47 Å². The molecule has 0 unspecified atom stereocenters. The van der Waals surface area contributed by atoms with Crippen LogP contribution >= 0.6 is 0 Å². The van der Waals surface area contributed by atoms with Crippen LogP contribution in [0.4, 0.5) is 5.69 Å². The second-order valence-electron chi connectivity index (χ2n) is 6.61. The summed E-state index contributed by atoms with van der Waals surface area (Å²) < 4.78 is 10.4. The molecule has 0 spiro atoms. The number of hydrogen-bond acceptors (Lipinski definition) is 6. The topological polar surface area (TPSA) is 118 Å². The summed E-state index contributed by atoms with van der Waals surface area (Å²) in [5, 5.41) is 5.22. The van der Waals surface area contributed by atoms with Crippen LogP contribution in [0.3, 0.4) is 0 Å². The third-order valence-electron chi connectivity index (χ3n) is 4.20. The van der Waals surface area contributed by atoms with Gasteiger partial charge in [0, 0.05) is 17.8 Å². The second kappa shape index (κ2) is 11.2. The molecule has 31 heavy (non-hydrogen) atoms. The van der Waals surface area contributed by atoms with Crippen molar-refractivity contribution < 1.29 is 23.9 Å². The minimum absolute atomic E-state index is 0.0945. The quantitative estimate of drug-likeness (QED) is 0.359. The Morgan fingerprint density at radius 2 is 1.65 bits per heavy atom. The molecule has 4 N–H and O–H groups in total. The number of methoxy groups -OCH3 is 2. The number of rotatable bonds is 9. The number of carbonyl (C=O) groups is 3. The van der Waals surface area contributed by atoms with Crippen molar-refractivity contribution in [1.82, 2.24) is 16.2 Å². The number of benzene rings is 2. The van der Waals surface area contributed by atoms with E-state index in [0.29, 0.717) is 17.2 Å². The first-order chi connectivity index (χ1) is 14.8. The predicted molar refractivity (Wildman–Crippen MR) is 116 cm³/mol. The lowest BCUT2D eigenvalue weighted by atomic mass is 10.2. The van der Waals surface area contributed by atoms with E-state index in [1.807, 2.05) is 31.2 Å². The van der Waals surface area contributed by atoms with E-state index in [-0.39, 0.29) is 24.6 Å². The zero-order valence-corrected chi connectivity index (χ0v) is 17.7. The maximum atomic E-state index is 12.1. The normalized spacial score (nSPS) is 9.90. The molecule has 0 aromatic heterocycles. The summed E-state index contributed by atoms with van der Waals surface area (Å²) in [6, 6.07) is 12.5. The van der Waals surface area contributed by atoms with Crippen molar-refractivity contribution in [2.24, 2.45) is 0 Å². The zero-order chi connectivity index (χ0) is 22.8. The van der Waals surface area contributed by atoms with Crippen molar-refractivity contribution in [1.29, 1.82) is 0 Å². The Morgan fingerprint density at radius 1 is 0.935 bits per heavy atom. The Kier molecular flexibility index (Phi) is 8.44. The van der Waals surface area contributed by atoms with Crippen LogP contribution in [0.15, 0.2) is 54.7 Å². The molecular formula is C22H26N4O5. The average molecular weight is 426 g/mol. The van der Waals surface area contributed by atoms with E-state index >= 15 is 0 Å². The number of amides is 3. The minimum Gasteiger partial charge on any atom is -0.496 e. The molecule has 2 aromatic carbocycles. The van der Waals surface area contributed by atoms with Crippen molar-refractivity contribution in [3.8, 4) is 11.5 Å². The van der Waals surface area contributed by atoms with E-state index in [1.54, 1.807) is 25.3 Å². The SMILES string of the molecule is C=C(CC(=O)NCc1ccccc1OC)NNC(=O)C(=O)Nc1cc(C)ccc1OC. The number of anilines is 1. The van der Waals surface area contributed by atoms with E-state index < -0.39 is 11.8 Å². The van der Waals surface area contributed by atoms with Gasteiger partial charge in [0.1, 0.15) is 11.5 Å². The van der Waals surface area contributed by atoms with Gasteiger partial charge in [-0.05, 0) is 30.7 Å². The zero-order valence-electron chi connectivity index (χ0n) is 17.7. The van der Waals surface area contributed by atoms with E-state index in [0.717, 1.165) is 11.1 Å². The van der Waals surface area contributed by atoms with Crippen LogP contribution in [0.2, 0.25) is 0 Å². The molecule has 164 valence electrons. The van der Waals surface area contributed by atoms with Crippen LogP contribution in [0.5, 0.6) is 11.5 Å². The van der Waals surface area contributed by atoms with Gasteiger partial charge in [0.15, 0.2) is 0 Å². The van der Waals surface area contributed by atoms with Crippen LogP contribution < -0.4 is 31.0 Å². The lowest BCUT2D eigenvalue weighted by molar-refractivity contribution is -0.136. The largest absolute Gasteiger partial charge is 0.496 e. The molecule has 9 nitrogen and oxygen atoms in total. The van der Waals surface area contributed by atoms with Crippen molar-refractivity contribution in [2.45, 2.75) is 19.9 Å². The van der Waals surface area contributed by atoms with Crippen LogP contribution in [0.25, 0.3) is 0 Å². The number of para-hydroxylation sites is 1. The highest BCUT2D eigenvalue weighted by molar-refractivity contribution is 6.39. The second-order valence-corrected chi connectivity index (χ2v) is 6.61.